The number of para-hydroxylation sites is 3. The van der Waals surface area contributed by atoms with Gasteiger partial charge >= 0.3 is 0 Å². The van der Waals surface area contributed by atoms with E-state index in [1.54, 1.807) is 0 Å². The largest absolute Gasteiger partial charge is 0.213 e. The van der Waals surface area contributed by atoms with E-state index >= 15 is 0 Å². The second-order valence-corrected chi connectivity index (χ2v) is 8.30. The van der Waals surface area contributed by atoms with Gasteiger partial charge in [-0.2, -0.15) is 9.14 Å². The van der Waals surface area contributed by atoms with Gasteiger partial charge in [-0.05, 0) is 17.7 Å². The van der Waals surface area contributed by atoms with E-state index < -0.39 is 0 Å². The Morgan fingerprint density at radius 1 is 0.700 bits per heavy atom. The third-order valence-electron chi connectivity index (χ3n) is 6.84. The second kappa shape index (κ2) is 6.50. The van der Waals surface area contributed by atoms with Gasteiger partial charge in [0.1, 0.15) is 14.1 Å². The Morgan fingerprint density at radius 2 is 1.33 bits per heavy atom. The number of fused-ring (bicyclic) bond motifs is 4. The summed E-state index contributed by atoms with van der Waals surface area (Å²) >= 11 is 0. The van der Waals surface area contributed by atoms with Gasteiger partial charge < -0.3 is 0 Å². The molecule has 3 aromatic carbocycles. The Hall–Kier alpha value is -3.52. The summed E-state index contributed by atoms with van der Waals surface area (Å²) in [4.78, 5) is 0. The minimum absolute atomic E-state index is 0.268. The number of nitrogens with zero attached hydrogens (tertiary/aromatic N) is 2. The molecule has 2 heteroatoms. The Balaban J connectivity index is 1.79. The van der Waals surface area contributed by atoms with Crippen LogP contribution in [-0.2, 0) is 7.05 Å². The Kier molecular flexibility index (Phi) is 3.76. The fourth-order valence-corrected chi connectivity index (χ4v) is 5.49. The van der Waals surface area contributed by atoms with Crippen LogP contribution >= 0.6 is 0 Å². The van der Waals surface area contributed by atoms with Crippen molar-refractivity contribution in [2.24, 2.45) is 13.0 Å². The van der Waals surface area contributed by atoms with Gasteiger partial charge in [0, 0.05) is 35.8 Å². The first-order valence-electron chi connectivity index (χ1n) is 10.6. The van der Waals surface area contributed by atoms with Crippen molar-refractivity contribution < 1.29 is 9.14 Å². The lowest BCUT2D eigenvalue weighted by Crippen LogP contribution is -2.35. The number of aryl methyl sites for hydroxylation is 1. The third kappa shape index (κ3) is 2.31. The van der Waals surface area contributed by atoms with E-state index in [0.29, 0.717) is 5.92 Å². The number of allylic oxidation sites excluding steroid dienone is 4. The van der Waals surface area contributed by atoms with E-state index in [4.69, 9.17) is 0 Å². The zero-order chi connectivity index (χ0) is 20.2. The van der Waals surface area contributed by atoms with Crippen LogP contribution in [0.1, 0.15) is 17.0 Å². The van der Waals surface area contributed by atoms with Crippen molar-refractivity contribution in [3.8, 4) is 0 Å². The van der Waals surface area contributed by atoms with Crippen molar-refractivity contribution in [2.45, 2.75) is 5.92 Å². The highest BCUT2D eigenvalue weighted by Crippen LogP contribution is 2.46. The van der Waals surface area contributed by atoms with Crippen molar-refractivity contribution in [1.82, 2.24) is 0 Å². The van der Waals surface area contributed by atoms with Gasteiger partial charge in [-0.25, -0.2) is 0 Å². The van der Waals surface area contributed by atoms with Gasteiger partial charge in [-0.3, -0.25) is 0 Å². The highest BCUT2D eigenvalue weighted by Gasteiger charge is 2.41. The first kappa shape index (κ1) is 17.3. The molecule has 0 N–H and O–H groups in total. The molecule has 1 aliphatic heterocycles. The van der Waals surface area contributed by atoms with Crippen LogP contribution in [0.2, 0.25) is 0 Å². The van der Waals surface area contributed by atoms with Crippen LogP contribution in [0.15, 0.2) is 97.1 Å². The molecule has 4 aromatic rings. The number of pyridine rings is 1. The first-order chi connectivity index (χ1) is 14.8. The number of rotatable bonds is 1. The van der Waals surface area contributed by atoms with Crippen LogP contribution in [0.3, 0.4) is 0 Å². The van der Waals surface area contributed by atoms with E-state index in [1.807, 2.05) is 0 Å². The minimum Gasteiger partial charge on any atom is -0.198 e. The summed E-state index contributed by atoms with van der Waals surface area (Å²) in [6.07, 6.45) is 9.02. The quantitative estimate of drug-likeness (QED) is 0.304. The SMILES string of the molecule is C[N+]1=C2C=CC=CC2C(c2c3ccccc3[n+](C)c3ccccc23)c2ccccc21. The number of aromatic nitrogens is 1. The lowest BCUT2D eigenvalue weighted by Gasteiger charge is -2.31. The van der Waals surface area contributed by atoms with Crippen LogP contribution in [0.5, 0.6) is 0 Å². The molecule has 2 nitrogen and oxygen atoms in total. The van der Waals surface area contributed by atoms with Crippen LogP contribution in [0.25, 0.3) is 21.8 Å². The fourth-order valence-electron chi connectivity index (χ4n) is 5.49. The molecule has 2 unspecified atom stereocenters. The van der Waals surface area contributed by atoms with Crippen molar-refractivity contribution in [2.75, 3.05) is 7.05 Å². The molecular weight excluding hydrogens is 364 g/mol. The summed E-state index contributed by atoms with van der Waals surface area (Å²) in [7, 11) is 4.37. The standard InChI is InChI=1S/C28H24N2/c1-29-23-15-7-3-11-19(23)27(20-12-4-8-16-24(20)29)28-21-13-5-9-17-25(21)30(2)26-18-10-6-14-22(26)28/h3-19,27H,1-2H3/q+2. The summed E-state index contributed by atoms with van der Waals surface area (Å²) in [5, 5.41) is 2.68. The average Bonchev–Trinajstić information content (AvgIpc) is 2.81. The molecule has 1 aliphatic carbocycles. The molecule has 2 heterocycles. The predicted octanol–water partition coefficient (Wildman–Crippen LogP) is 5.42. The molecular formula is C28H24N2+2. The second-order valence-electron chi connectivity index (χ2n) is 8.30. The zero-order valence-electron chi connectivity index (χ0n) is 17.3. The van der Waals surface area contributed by atoms with Crippen molar-refractivity contribution in [3.63, 3.8) is 0 Å². The average molecular weight is 389 g/mol. The minimum atomic E-state index is 0.268. The molecule has 30 heavy (non-hydrogen) atoms. The van der Waals surface area contributed by atoms with E-state index in [1.165, 1.54) is 44.3 Å². The van der Waals surface area contributed by atoms with Crippen molar-refractivity contribution >= 4 is 33.2 Å². The molecule has 0 spiro atoms. The summed E-state index contributed by atoms with van der Waals surface area (Å²) < 4.78 is 4.69. The van der Waals surface area contributed by atoms with Gasteiger partial charge in [0.2, 0.25) is 16.7 Å². The maximum Gasteiger partial charge on any atom is 0.213 e. The summed E-state index contributed by atoms with van der Waals surface area (Å²) in [5.41, 5.74) is 8.05. The number of benzene rings is 3. The van der Waals surface area contributed by atoms with E-state index in [9.17, 15) is 0 Å². The highest BCUT2D eigenvalue weighted by molar-refractivity contribution is 6.01. The predicted molar refractivity (Wildman–Crippen MR) is 124 cm³/mol. The van der Waals surface area contributed by atoms with Gasteiger partial charge in [-0.1, -0.05) is 60.7 Å². The Labute approximate surface area is 176 Å². The van der Waals surface area contributed by atoms with Crippen LogP contribution in [0, 0.1) is 5.92 Å². The topological polar surface area (TPSA) is 6.89 Å². The molecule has 1 aromatic heterocycles. The van der Waals surface area contributed by atoms with Crippen LogP contribution < -0.4 is 4.57 Å². The number of hydrogen-bond donors (Lipinski definition) is 0. The first-order valence-corrected chi connectivity index (χ1v) is 10.6. The van der Waals surface area contributed by atoms with Gasteiger partial charge in [0.15, 0.2) is 5.71 Å². The van der Waals surface area contributed by atoms with E-state index in [-0.39, 0.29) is 5.92 Å². The lowest BCUT2D eigenvalue weighted by molar-refractivity contribution is -0.617. The van der Waals surface area contributed by atoms with Crippen molar-refractivity contribution in [1.29, 1.82) is 0 Å². The van der Waals surface area contributed by atoms with E-state index in [2.05, 4.69) is 120 Å². The molecule has 0 radical (unpaired) electrons. The molecule has 0 bridgehead atoms. The Morgan fingerprint density at radius 3 is 2.07 bits per heavy atom. The molecule has 2 aliphatic rings. The van der Waals surface area contributed by atoms with Crippen molar-refractivity contribution in [3.05, 3.63) is 108 Å². The zero-order valence-corrected chi connectivity index (χ0v) is 17.3. The smallest absolute Gasteiger partial charge is 0.198 e. The maximum absolute atomic E-state index is 2.38. The molecule has 0 amide bonds. The third-order valence-corrected chi connectivity index (χ3v) is 6.84. The molecule has 144 valence electrons. The van der Waals surface area contributed by atoms with Gasteiger partial charge in [0.25, 0.3) is 0 Å². The summed E-state index contributed by atoms with van der Waals surface area (Å²) in [6.45, 7) is 0. The fraction of sp³-hybridized carbons (Fsp3) is 0.143. The maximum atomic E-state index is 2.38. The normalized spacial score (nSPS) is 19.9. The highest BCUT2D eigenvalue weighted by atomic mass is 15.0. The monoisotopic (exact) mass is 388 g/mol. The van der Waals surface area contributed by atoms with Crippen LogP contribution in [0.4, 0.5) is 5.69 Å². The Bertz CT molecular complexity index is 1360. The van der Waals surface area contributed by atoms with Gasteiger partial charge in [0.05, 0.1) is 16.7 Å². The molecule has 0 saturated carbocycles. The van der Waals surface area contributed by atoms with E-state index in [0.717, 1.165) is 0 Å². The molecule has 6 rings (SSSR count). The summed E-state index contributed by atoms with van der Waals surface area (Å²) in [6, 6.07) is 26.6. The molecule has 2 atom stereocenters. The number of hydrogen-bond acceptors (Lipinski definition) is 0. The lowest BCUT2D eigenvalue weighted by atomic mass is 9.72. The molecule has 0 saturated heterocycles. The van der Waals surface area contributed by atoms with Gasteiger partial charge in [-0.15, -0.1) is 0 Å². The summed E-state index contributed by atoms with van der Waals surface area (Å²) in [5.74, 6) is 0.582. The molecule has 0 fully saturated rings. The van der Waals surface area contributed by atoms with Crippen LogP contribution in [-0.4, -0.2) is 17.3 Å².